The summed E-state index contributed by atoms with van der Waals surface area (Å²) in [5, 5.41) is 3.31. The summed E-state index contributed by atoms with van der Waals surface area (Å²) in [6.45, 7) is 9.18. The molecule has 2 saturated heterocycles. The second-order valence-electron chi connectivity index (χ2n) is 6.42. The highest BCUT2D eigenvalue weighted by molar-refractivity contribution is 5.68. The molecule has 2 aliphatic rings. The summed E-state index contributed by atoms with van der Waals surface area (Å²) in [6, 6.07) is 0. The van der Waals surface area contributed by atoms with Crippen molar-refractivity contribution in [3.8, 4) is 0 Å². The first-order chi connectivity index (χ1) is 8.94. The first-order valence-corrected chi connectivity index (χ1v) is 7.28. The molecule has 2 heterocycles. The Bertz CT molecular complexity index is 300. The number of nitrogens with zero attached hydrogens (tertiary/aromatic N) is 1. The van der Waals surface area contributed by atoms with Gasteiger partial charge in [0.1, 0.15) is 5.60 Å². The molecule has 5 nitrogen and oxygen atoms in total. The van der Waals surface area contributed by atoms with Crippen molar-refractivity contribution < 1.29 is 14.3 Å². The maximum absolute atomic E-state index is 11.9. The van der Waals surface area contributed by atoms with E-state index in [1.54, 1.807) is 4.90 Å². The zero-order valence-electron chi connectivity index (χ0n) is 12.3. The Hall–Kier alpha value is -0.810. The minimum Gasteiger partial charge on any atom is -0.444 e. The number of carbonyl (C=O) groups excluding carboxylic acids is 1. The molecule has 1 N–H and O–H groups in total. The maximum Gasteiger partial charge on any atom is 0.410 e. The van der Waals surface area contributed by atoms with E-state index in [0.29, 0.717) is 12.2 Å². The van der Waals surface area contributed by atoms with E-state index >= 15 is 0 Å². The zero-order valence-corrected chi connectivity index (χ0v) is 12.3. The van der Waals surface area contributed by atoms with Gasteiger partial charge in [-0.15, -0.1) is 0 Å². The van der Waals surface area contributed by atoms with Gasteiger partial charge < -0.3 is 19.7 Å². The fourth-order valence-electron chi connectivity index (χ4n) is 2.52. The number of likely N-dealkylation sites (tertiary alicyclic amines) is 1. The number of nitrogens with one attached hydrogen (secondary N) is 1. The van der Waals surface area contributed by atoms with Gasteiger partial charge in [0.25, 0.3) is 0 Å². The Balaban J connectivity index is 1.71. The van der Waals surface area contributed by atoms with Gasteiger partial charge in [0.15, 0.2) is 0 Å². The van der Waals surface area contributed by atoms with Crippen molar-refractivity contribution in [2.24, 2.45) is 0 Å². The second kappa shape index (κ2) is 6.09. The highest BCUT2D eigenvalue weighted by Gasteiger charge is 2.28. The molecule has 0 aliphatic carbocycles. The Morgan fingerprint density at radius 2 is 1.84 bits per heavy atom. The first kappa shape index (κ1) is 14.6. The molecule has 2 rings (SSSR count). The number of hydrogen-bond acceptors (Lipinski definition) is 4. The van der Waals surface area contributed by atoms with Crippen molar-refractivity contribution in [1.82, 2.24) is 10.2 Å². The molecule has 1 atom stereocenters. The number of rotatable bonds is 2. The van der Waals surface area contributed by atoms with E-state index in [0.717, 1.165) is 45.4 Å². The summed E-state index contributed by atoms with van der Waals surface area (Å²) >= 11 is 0. The van der Waals surface area contributed by atoms with E-state index in [1.165, 1.54) is 0 Å². The fourth-order valence-corrected chi connectivity index (χ4v) is 2.52. The van der Waals surface area contributed by atoms with Crippen LogP contribution in [0.5, 0.6) is 0 Å². The van der Waals surface area contributed by atoms with Crippen LogP contribution in [0.1, 0.15) is 40.0 Å². The van der Waals surface area contributed by atoms with Crippen LogP contribution in [0.15, 0.2) is 0 Å². The topological polar surface area (TPSA) is 50.8 Å². The van der Waals surface area contributed by atoms with E-state index in [1.807, 2.05) is 20.8 Å². The van der Waals surface area contributed by atoms with Crippen LogP contribution >= 0.6 is 0 Å². The summed E-state index contributed by atoms with van der Waals surface area (Å²) in [5.41, 5.74) is -0.417. The molecule has 0 radical (unpaired) electrons. The van der Waals surface area contributed by atoms with Crippen LogP contribution in [0.4, 0.5) is 4.79 Å². The molecule has 110 valence electrons. The highest BCUT2D eigenvalue weighted by Crippen LogP contribution is 2.19. The first-order valence-electron chi connectivity index (χ1n) is 7.28. The predicted octanol–water partition coefficient (Wildman–Crippen LogP) is 1.76. The zero-order chi connectivity index (χ0) is 13.9. The molecule has 5 heteroatoms. The summed E-state index contributed by atoms with van der Waals surface area (Å²) < 4.78 is 11.4. The molecule has 0 aromatic heterocycles. The molecule has 2 fully saturated rings. The quantitative estimate of drug-likeness (QED) is 0.831. The van der Waals surface area contributed by atoms with Crippen molar-refractivity contribution >= 4 is 6.09 Å². The van der Waals surface area contributed by atoms with Crippen molar-refractivity contribution in [3.63, 3.8) is 0 Å². The smallest absolute Gasteiger partial charge is 0.410 e. The highest BCUT2D eigenvalue weighted by atomic mass is 16.6. The van der Waals surface area contributed by atoms with Crippen molar-refractivity contribution in [3.05, 3.63) is 0 Å². The second-order valence-corrected chi connectivity index (χ2v) is 6.42. The van der Waals surface area contributed by atoms with E-state index in [9.17, 15) is 4.79 Å². The fraction of sp³-hybridized carbons (Fsp3) is 0.929. The van der Waals surface area contributed by atoms with E-state index < -0.39 is 5.60 Å². The Kier molecular flexibility index (Phi) is 4.68. The third kappa shape index (κ3) is 4.66. The third-order valence-corrected chi connectivity index (χ3v) is 3.49. The average molecular weight is 270 g/mol. The summed E-state index contributed by atoms with van der Waals surface area (Å²) in [4.78, 5) is 13.7. The van der Waals surface area contributed by atoms with Crippen molar-refractivity contribution in [2.75, 3.05) is 26.2 Å². The lowest BCUT2D eigenvalue weighted by Gasteiger charge is -2.34. The summed E-state index contributed by atoms with van der Waals surface area (Å²) in [7, 11) is 0. The van der Waals surface area contributed by atoms with Crippen LogP contribution in [-0.2, 0) is 9.47 Å². The van der Waals surface area contributed by atoms with Gasteiger partial charge in [0, 0.05) is 19.6 Å². The van der Waals surface area contributed by atoms with Crippen LogP contribution in [0.3, 0.4) is 0 Å². The standard InChI is InChI=1S/C14H26N2O3/c1-14(2,3)19-13(17)16-8-5-11(6-9-16)18-12-4-7-15-10-12/h11-12,15H,4-10H2,1-3H3. The lowest BCUT2D eigenvalue weighted by molar-refractivity contribution is -0.0389. The van der Waals surface area contributed by atoms with E-state index in [-0.39, 0.29) is 6.09 Å². The third-order valence-electron chi connectivity index (χ3n) is 3.49. The monoisotopic (exact) mass is 270 g/mol. The molecule has 0 bridgehead atoms. The van der Waals surface area contributed by atoms with Crippen LogP contribution in [0.25, 0.3) is 0 Å². The van der Waals surface area contributed by atoms with Crippen LogP contribution in [-0.4, -0.2) is 55.0 Å². The molecule has 19 heavy (non-hydrogen) atoms. The average Bonchev–Trinajstić information content (AvgIpc) is 2.80. The minimum atomic E-state index is -0.417. The maximum atomic E-state index is 11.9. The lowest BCUT2D eigenvalue weighted by atomic mass is 10.1. The number of hydrogen-bond donors (Lipinski definition) is 1. The molecular weight excluding hydrogens is 244 g/mol. The molecule has 0 saturated carbocycles. The van der Waals surface area contributed by atoms with Gasteiger partial charge in [0.2, 0.25) is 0 Å². The summed E-state index contributed by atoms with van der Waals surface area (Å²) in [6.07, 6.45) is 3.38. The van der Waals surface area contributed by atoms with Gasteiger partial charge in [-0.25, -0.2) is 4.79 Å². The van der Waals surface area contributed by atoms with Crippen LogP contribution in [0.2, 0.25) is 0 Å². The van der Waals surface area contributed by atoms with Gasteiger partial charge in [0.05, 0.1) is 12.2 Å². The molecule has 1 unspecified atom stereocenters. The SMILES string of the molecule is CC(C)(C)OC(=O)N1CCC(OC2CCNC2)CC1. The normalized spacial score (nSPS) is 25.6. The molecule has 1 amide bonds. The Morgan fingerprint density at radius 1 is 1.16 bits per heavy atom. The minimum absolute atomic E-state index is 0.200. The largest absolute Gasteiger partial charge is 0.444 e. The van der Waals surface area contributed by atoms with Gasteiger partial charge in [-0.1, -0.05) is 0 Å². The van der Waals surface area contributed by atoms with E-state index in [4.69, 9.17) is 9.47 Å². The number of ether oxygens (including phenoxy) is 2. The molecule has 2 aliphatic heterocycles. The van der Waals surface area contributed by atoms with Crippen LogP contribution in [0, 0.1) is 0 Å². The molecule has 0 aromatic rings. The number of piperidine rings is 1. The Morgan fingerprint density at radius 3 is 2.37 bits per heavy atom. The van der Waals surface area contributed by atoms with Gasteiger partial charge in [-0.3, -0.25) is 0 Å². The Labute approximate surface area is 115 Å². The predicted molar refractivity (Wildman–Crippen MR) is 73.2 cm³/mol. The molecular formula is C14H26N2O3. The van der Waals surface area contributed by atoms with Crippen LogP contribution < -0.4 is 5.32 Å². The van der Waals surface area contributed by atoms with Crippen molar-refractivity contribution in [2.45, 2.75) is 57.8 Å². The van der Waals surface area contributed by atoms with Gasteiger partial charge >= 0.3 is 6.09 Å². The van der Waals surface area contributed by atoms with Gasteiger partial charge in [-0.05, 0) is 46.6 Å². The van der Waals surface area contributed by atoms with Gasteiger partial charge in [-0.2, -0.15) is 0 Å². The molecule has 0 aromatic carbocycles. The number of carbonyl (C=O) groups is 1. The van der Waals surface area contributed by atoms with E-state index in [2.05, 4.69) is 5.32 Å². The van der Waals surface area contributed by atoms with Crippen molar-refractivity contribution in [1.29, 1.82) is 0 Å². The molecule has 0 spiro atoms. The lowest BCUT2D eigenvalue weighted by Crippen LogP contribution is -2.44. The summed E-state index contributed by atoms with van der Waals surface area (Å²) in [5.74, 6) is 0. The number of amides is 1.